The fourth-order valence-electron chi connectivity index (χ4n) is 1.89. The Morgan fingerprint density at radius 3 is 2.62 bits per heavy atom. The van der Waals surface area contributed by atoms with Gasteiger partial charge in [-0.25, -0.2) is 4.79 Å². The molecule has 1 heterocycles. The van der Waals surface area contributed by atoms with E-state index in [1.165, 1.54) is 6.07 Å². The summed E-state index contributed by atoms with van der Waals surface area (Å²) in [5.41, 5.74) is -1.39. The normalized spacial score (nSPS) is 11.7. The van der Waals surface area contributed by atoms with Gasteiger partial charge in [-0.15, -0.1) is 0 Å². The highest BCUT2D eigenvalue weighted by Crippen LogP contribution is 2.03. The second-order valence-corrected chi connectivity index (χ2v) is 6.29. The maximum absolute atomic E-state index is 12.1. The second kappa shape index (κ2) is 6.13. The van der Waals surface area contributed by atoms with E-state index in [4.69, 9.17) is 0 Å². The van der Waals surface area contributed by atoms with E-state index in [-0.39, 0.29) is 15.9 Å². The first kappa shape index (κ1) is 15.3. The van der Waals surface area contributed by atoms with Gasteiger partial charge >= 0.3 is 15.8 Å². The van der Waals surface area contributed by atoms with E-state index < -0.39 is 21.4 Å². The lowest BCUT2D eigenvalue weighted by atomic mass is 10.2. The summed E-state index contributed by atoms with van der Waals surface area (Å²) in [5, 5.41) is 0.181. The Bertz CT molecular complexity index is 851. The molecule has 0 atom stereocenters. The maximum atomic E-state index is 12.1. The third-order valence-corrected chi connectivity index (χ3v) is 4.12. The van der Waals surface area contributed by atoms with Gasteiger partial charge in [0.15, 0.2) is 0 Å². The molecule has 114 valence electrons. The van der Waals surface area contributed by atoms with Gasteiger partial charge in [0, 0.05) is 0 Å². The molecule has 0 spiro atoms. The summed E-state index contributed by atoms with van der Waals surface area (Å²) >= 11 is 0. The van der Waals surface area contributed by atoms with Crippen molar-refractivity contribution in [3.8, 4) is 0 Å². The number of benzene rings is 1. The van der Waals surface area contributed by atoms with Gasteiger partial charge in [0.2, 0.25) is 0 Å². The van der Waals surface area contributed by atoms with E-state index in [2.05, 4.69) is 9.27 Å². The molecular formula is C13H16N2O5S. The summed E-state index contributed by atoms with van der Waals surface area (Å²) in [4.78, 5) is 26.3. The first-order valence-electron chi connectivity index (χ1n) is 6.61. The predicted molar refractivity (Wildman–Crippen MR) is 78.7 cm³/mol. The molecule has 0 aliphatic heterocycles. The molecule has 0 radical (unpaired) electrons. The minimum Gasteiger partial charge on any atom is -0.304 e. The molecule has 2 aromatic rings. The number of hydrogen-bond acceptors (Lipinski definition) is 5. The van der Waals surface area contributed by atoms with Crippen LogP contribution in [0.3, 0.4) is 0 Å². The predicted octanol–water partition coefficient (Wildman–Crippen LogP) is 0.638. The van der Waals surface area contributed by atoms with Crippen LogP contribution in [-0.2, 0) is 10.1 Å². The molecule has 1 aromatic carbocycles. The molecule has 1 N–H and O–H groups in total. The van der Waals surface area contributed by atoms with Crippen molar-refractivity contribution in [2.45, 2.75) is 26.2 Å². The lowest BCUT2D eigenvalue weighted by molar-refractivity contribution is 0.253. The van der Waals surface area contributed by atoms with Crippen LogP contribution in [0.1, 0.15) is 26.2 Å². The molecule has 0 amide bonds. The number of hydrogen-bond donors (Lipinski definition) is 1. The van der Waals surface area contributed by atoms with Gasteiger partial charge in [-0.1, -0.05) is 36.6 Å². The van der Waals surface area contributed by atoms with Crippen molar-refractivity contribution in [3.05, 3.63) is 45.1 Å². The van der Waals surface area contributed by atoms with Gasteiger partial charge in [-0.3, -0.25) is 9.08 Å². The summed E-state index contributed by atoms with van der Waals surface area (Å²) in [6, 6.07) is 6.31. The minimum absolute atomic E-state index is 0.181. The molecule has 0 saturated carbocycles. The molecule has 0 saturated heterocycles. The Kier molecular flexibility index (Phi) is 4.46. The lowest BCUT2D eigenvalue weighted by Crippen LogP contribution is -2.42. The summed E-state index contributed by atoms with van der Waals surface area (Å²) in [5.74, 6) is -0.237. The topological polar surface area (TPSA) is 98.2 Å². The Labute approximate surface area is 121 Å². The van der Waals surface area contributed by atoms with Crippen LogP contribution in [0.4, 0.5) is 0 Å². The number of aromatic amines is 1. The molecule has 0 aliphatic carbocycles. The van der Waals surface area contributed by atoms with Crippen LogP contribution in [0.25, 0.3) is 10.9 Å². The van der Waals surface area contributed by atoms with E-state index in [0.717, 1.165) is 12.8 Å². The molecule has 0 bridgehead atoms. The molecule has 2 rings (SSSR count). The first-order chi connectivity index (χ1) is 9.94. The highest BCUT2D eigenvalue weighted by atomic mass is 32.2. The lowest BCUT2D eigenvalue weighted by Gasteiger charge is -2.07. The van der Waals surface area contributed by atoms with E-state index in [1.54, 1.807) is 18.2 Å². The van der Waals surface area contributed by atoms with E-state index in [0.29, 0.717) is 11.9 Å². The minimum atomic E-state index is -3.98. The van der Waals surface area contributed by atoms with Crippen LogP contribution in [0.5, 0.6) is 0 Å². The Morgan fingerprint density at radius 2 is 1.90 bits per heavy atom. The van der Waals surface area contributed by atoms with Gasteiger partial charge < -0.3 is 4.98 Å². The third-order valence-electron chi connectivity index (χ3n) is 2.95. The first-order valence-corrected chi connectivity index (χ1v) is 8.19. The average molecular weight is 312 g/mol. The summed E-state index contributed by atoms with van der Waals surface area (Å²) < 4.78 is 28.5. The van der Waals surface area contributed by atoms with Crippen LogP contribution < -0.4 is 15.5 Å². The van der Waals surface area contributed by atoms with Gasteiger partial charge in [0.1, 0.15) is 0 Å². The van der Waals surface area contributed by atoms with Crippen molar-refractivity contribution in [3.63, 3.8) is 0 Å². The third kappa shape index (κ3) is 3.52. The standard InChI is InChI=1S/C13H16N2O5S/c1-2-3-6-9-21(18,19)20-15-12(16)10-7-4-5-8-11(10)14-13(15)17/h4-5,7-8H,2-3,6,9H2,1H3,(H,14,17). The molecule has 7 nitrogen and oxygen atoms in total. The molecule has 0 unspecified atom stereocenters. The average Bonchev–Trinajstić information content (AvgIpc) is 2.44. The monoisotopic (exact) mass is 312 g/mol. The largest absolute Gasteiger partial charge is 0.363 e. The van der Waals surface area contributed by atoms with Gasteiger partial charge in [0.05, 0.1) is 16.7 Å². The van der Waals surface area contributed by atoms with Crippen LogP contribution in [0.2, 0.25) is 0 Å². The Hall–Kier alpha value is -2.09. The van der Waals surface area contributed by atoms with Gasteiger partial charge in [-0.05, 0) is 18.6 Å². The highest BCUT2D eigenvalue weighted by Gasteiger charge is 2.17. The SMILES string of the molecule is CCCCCS(=O)(=O)On1c(=O)[nH]c2ccccc2c1=O. The zero-order chi connectivity index (χ0) is 15.5. The zero-order valence-corrected chi connectivity index (χ0v) is 12.4. The second-order valence-electron chi connectivity index (χ2n) is 4.62. The number of aromatic nitrogens is 2. The van der Waals surface area contributed by atoms with Crippen molar-refractivity contribution < 1.29 is 12.7 Å². The quantitative estimate of drug-likeness (QED) is 0.789. The fourth-order valence-corrected chi connectivity index (χ4v) is 2.89. The number of unbranched alkanes of at least 4 members (excludes halogenated alkanes) is 2. The Morgan fingerprint density at radius 1 is 1.19 bits per heavy atom. The van der Waals surface area contributed by atoms with E-state index in [1.807, 2.05) is 6.92 Å². The number of nitrogens with zero attached hydrogens (tertiary/aromatic N) is 1. The van der Waals surface area contributed by atoms with E-state index in [9.17, 15) is 18.0 Å². The van der Waals surface area contributed by atoms with E-state index >= 15 is 0 Å². The molecule has 0 fully saturated rings. The van der Waals surface area contributed by atoms with Gasteiger partial charge in [0.25, 0.3) is 5.56 Å². The number of nitrogens with one attached hydrogen (secondary N) is 1. The smallest absolute Gasteiger partial charge is 0.304 e. The van der Waals surface area contributed by atoms with Crippen molar-refractivity contribution in [1.82, 2.24) is 9.71 Å². The van der Waals surface area contributed by atoms with Crippen LogP contribution in [-0.4, -0.2) is 23.9 Å². The number of rotatable bonds is 6. The highest BCUT2D eigenvalue weighted by molar-refractivity contribution is 7.86. The molecule has 0 aliphatic rings. The number of H-pyrrole nitrogens is 1. The number of fused-ring (bicyclic) bond motifs is 1. The van der Waals surface area contributed by atoms with Crippen molar-refractivity contribution in [2.75, 3.05) is 5.75 Å². The van der Waals surface area contributed by atoms with Crippen molar-refractivity contribution in [2.24, 2.45) is 0 Å². The van der Waals surface area contributed by atoms with Crippen LogP contribution in [0.15, 0.2) is 33.9 Å². The molecule has 21 heavy (non-hydrogen) atoms. The molecule has 1 aromatic heterocycles. The molecule has 8 heteroatoms. The fraction of sp³-hybridized carbons (Fsp3) is 0.385. The Balaban J connectivity index is 2.39. The maximum Gasteiger partial charge on any atom is 0.363 e. The zero-order valence-electron chi connectivity index (χ0n) is 11.5. The summed E-state index contributed by atoms with van der Waals surface area (Å²) in [6.45, 7) is 1.94. The van der Waals surface area contributed by atoms with Crippen molar-refractivity contribution >= 4 is 21.0 Å². The summed E-state index contributed by atoms with van der Waals surface area (Å²) in [7, 11) is -3.98. The van der Waals surface area contributed by atoms with Crippen LogP contribution in [0, 0.1) is 0 Å². The molecular weight excluding hydrogens is 296 g/mol. The van der Waals surface area contributed by atoms with Crippen molar-refractivity contribution in [1.29, 1.82) is 0 Å². The summed E-state index contributed by atoms with van der Waals surface area (Å²) in [6.07, 6.45) is 2.00. The number of para-hydroxylation sites is 1. The van der Waals surface area contributed by atoms with Crippen LogP contribution >= 0.6 is 0 Å². The van der Waals surface area contributed by atoms with Gasteiger partial charge in [-0.2, -0.15) is 8.42 Å².